The fourth-order valence-corrected chi connectivity index (χ4v) is 2.21. The molecule has 0 heterocycles. The van der Waals surface area contributed by atoms with Gasteiger partial charge in [0.15, 0.2) is 0 Å². The van der Waals surface area contributed by atoms with Crippen LogP contribution in [0.1, 0.15) is 31.4 Å². The second-order valence-electron chi connectivity index (χ2n) is 5.48. The van der Waals surface area contributed by atoms with Gasteiger partial charge in [0.05, 0.1) is 12.8 Å². The number of aliphatic hydroxyl groups is 1. The van der Waals surface area contributed by atoms with Crippen molar-refractivity contribution in [1.82, 2.24) is 0 Å². The summed E-state index contributed by atoms with van der Waals surface area (Å²) in [6.45, 7) is 8.58. The molecule has 18 heavy (non-hydrogen) atoms. The zero-order chi connectivity index (χ0) is 13.9. The normalized spacial score (nSPS) is 11.5. The number of benzene rings is 1. The minimum atomic E-state index is -0.109. The number of nitrogens with zero attached hydrogens (tertiary/aromatic N) is 1. The lowest BCUT2D eigenvalue weighted by atomic mass is 9.97. The summed E-state index contributed by atoms with van der Waals surface area (Å²) in [6, 6.07) is 4.25. The molecule has 0 radical (unpaired) electrons. The Hall–Kier alpha value is -1.22. The van der Waals surface area contributed by atoms with E-state index in [1.807, 2.05) is 7.05 Å². The third-order valence-corrected chi connectivity index (χ3v) is 3.60. The zero-order valence-corrected chi connectivity index (χ0v) is 12.4. The van der Waals surface area contributed by atoms with Crippen molar-refractivity contribution in [2.75, 3.05) is 25.7 Å². The van der Waals surface area contributed by atoms with Gasteiger partial charge in [0.1, 0.15) is 5.75 Å². The minimum absolute atomic E-state index is 0.109. The number of methoxy groups -OCH3 is 1. The molecule has 1 aromatic carbocycles. The average Bonchev–Trinajstić information content (AvgIpc) is 2.27. The molecule has 0 amide bonds. The van der Waals surface area contributed by atoms with Gasteiger partial charge in [0.25, 0.3) is 0 Å². The molecule has 102 valence electrons. The van der Waals surface area contributed by atoms with Crippen LogP contribution in [0.2, 0.25) is 0 Å². The van der Waals surface area contributed by atoms with Crippen molar-refractivity contribution >= 4 is 5.69 Å². The molecule has 0 aliphatic carbocycles. The summed E-state index contributed by atoms with van der Waals surface area (Å²) in [6.07, 6.45) is 0.722. The Labute approximate surface area is 110 Å². The molecule has 3 heteroatoms. The van der Waals surface area contributed by atoms with Gasteiger partial charge in [-0.05, 0) is 51.3 Å². The Kier molecular flexibility index (Phi) is 4.63. The second kappa shape index (κ2) is 5.61. The number of hydrogen-bond donors (Lipinski definition) is 1. The van der Waals surface area contributed by atoms with Gasteiger partial charge >= 0.3 is 0 Å². The van der Waals surface area contributed by atoms with E-state index in [1.54, 1.807) is 7.11 Å². The number of rotatable bonds is 5. The van der Waals surface area contributed by atoms with E-state index in [1.165, 1.54) is 5.56 Å². The van der Waals surface area contributed by atoms with Crippen LogP contribution in [0.5, 0.6) is 5.75 Å². The Morgan fingerprint density at radius 1 is 1.28 bits per heavy atom. The van der Waals surface area contributed by atoms with Gasteiger partial charge in [-0.2, -0.15) is 0 Å². The molecule has 1 rings (SSSR count). The Morgan fingerprint density at radius 3 is 2.39 bits per heavy atom. The van der Waals surface area contributed by atoms with E-state index in [9.17, 15) is 5.11 Å². The highest BCUT2D eigenvalue weighted by molar-refractivity contribution is 5.64. The number of aliphatic hydroxyl groups excluding tert-OH is 1. The summed E-state index contributed by atoms with van der Waals surface area (Å²) in [5.74, 6) is 0.911. The maximum atomic E-state index is 9.18. The van der Waals surface area contributed by atoms with Gasteiger partial charge in [-0.15, -0.1) is 0 Å². The third-order valence-electron chi connectivity index (χ3n) is 3.60. The first-order valence-electron chi connectivity index (χ1n) is 6.33. The highest BCUT2D eigenvalue weighted by atomic mass is 16.5. The molecule has 0 saturated heterocycles. The van der Waals surface area contributed by atoms with Crippen LogP contribution in [0, 0.1) is 13.8 Å². The number of hydrogen-bond acceptors (Lipinski definition) is 3. The summed E-state index contributed by atoms with van der Waals surface area (Å²) in [7, 11) is 3.75. The summed E-state index contributed by atoms with van der Waals surface area (Å²) >= 11 is 0. The Bertz CT molecular complexity index is 413. The van der Waals surface area contributed by atoms with E-state index >= 15 is 0 Å². The van der Waals surface area contributed by atoms with E-state index in [4.69, 9.17) is 4.74 Å². The van der Waals surface area contributed by atoms with Gasteiger partial charge in [0.2, 0.25) is 0 Å². The van der Waals surface area contributed by atoms with Crippen molar-refractivity contribution in [2.45, 2.75) is 39.7 Å². The van der Waals surface area contributed by atoms with Crippen LogP contribution in [-0.2, 0) is 0 Å². The molecule has 0 saturated carbocycles. The van der Waals surface area contributed by atoms with Crippen molar-refractivity contribution in [3.8, 4) is 5.75 Å². The van der Waals surface area contributed by atoms with Crippen LogP contribution in [0.15, 0.2) is 12.1 Å². The second-order valence-corrected chi connectivity index (χ2v) is 5.48. The molecule has 0 aliphatic rings. The van der Waals surface area contributed by atoms with Crippen LogP contribution in [0.4, 0.5) is 5.69 Å². The molecule has 0 bridgehead atoms. The van der Waals surface area contributed by atoms with Crippen molar-refractivity contribution in [3.63, 3.8) is 0 Å². The predicted molar refractivity (Wildman–Crippen MR) is 76.7 cm³/mol. The van der Waals surface area contributed by atoms with E-state index in [2.05, 4.69) is 44.7 Å². The minimum Gasteiger partial charge on any atom is -0.494 e. The van der Waals surface area contributed by atoms with Gasteiger partial charge in [-0.3, -0.25) is 0 Å². The average molecular weight is 251 g/mol. The summed E-state index contributed by atoms with van der Waals surface area (Å²) in [4.78, 5) is 2.18. The smallest absolute Gasteiger partial charge is 0.145 e. The van der Waals surface area contributed by atoms with Crippen molar-refractivity contribution in [3.05, 3.63) is 23.3 Å². The topological polar surface area (TPSA) is 32.7 Å². The lowest BCUT2D eigenvalue weighted by Gasteiger charge is -2.38. The molecule has 1 aromatic rings. The molecule has 0 atom stereocenters. The molecule has 1 N–H and O–H groups in total. The van der Waals surface area contributed by atoms with E-state index in [-0.39, 0.29) is 12.1 Å². The number of ether oxygens (including phenoxy) is 1. The Balaban J connectivity index is 3.23. The molecular formula is C15H25NO2. The van der Waals surface area contributed by atoms with Crippen LogP contribution >= 0.6 is 0 Å². The van der Waals surface area contributed by atoms with Crippen LogP contribution in [0.3, 0.4) is 0 Å². The maximum Gasteiger partial charge on any atom is 0.145 e. The van der Waals surface area contributed by atoms with Crippen molar-refractivity contribution in [2.24, 2.45) is 0 Å². The fraction of sp³-hybridized carbons (Fsp3) is 0.600. The van der Waals surface area contributed by atoms with Crippen molar-refractivity contribution < 1.29 is 9.84 Å². The highest BCUT2D eigenvalue weighted by Gasteiger charge is 2.26. The first-order valence-corrected chi connectivity index (χ1v) is 6.33. The molecule has 3 nitrogen and oxygen atoms in total. The van der Waals surface area contributed by atoms with Gasteiger partial charge in [-0.1, -0.05) is 6.07 Å². The fourth-order valence-electron chi connectivity index (χ4n) is 2.21. The monoisotopic (exact) mass is 251 g/mol. The van der Waals surface area contributed by atoms with E-state index in [0.29, 0.717) is 0 Å². The third kappa shape index (κ3) is 2.96. The Morgan fingerprint density at radius 2 is 1.89 bits per heavy atom. The van der Waals surface area contributed by atoms with E-state index in [0.717, 1.165) is 23.4 Å². The van der Waals surface area contributed by atoms with Crippen LogP contribution in [-0.4, -0.2) is 31.4 Å². The molecule has 0 fully saturated rings. The first-order chi connectivity index (χ1) is 8.33. The number of anilines is 1. The first kappa shape index (κ1) is 14.8. The molecule has 0 spiro atoms. The lowest BCUT2D eigenvalue weighted by Crippen LogP contribution is -2.42. The van der Waals surface area contributed by atoms with Crippen molar-refractivity contribution in [1.29, 1.82) is 0 Å². The molecule has 0 unspecified atom stereocenters. The quantitative estimate of drug-likeness (QED) is 0.873. The largest absolute Gasteiger partial charge is 0.494 e. The van der Waals surface area contributed by atoms with Gasteiger partial charge in [-0.25, -0.2) is 0 Å². The molecule has 0 aromatic heterocycles. The standard InChI is InChI=1S/C15H25NO2/c1-11-9-12(2)14(18-6)13(10-11)16(5)15(3,4)7-8-17/h9-10,17H,7-8H2,1-6H3. The van der Waals surface area contributed by atoms with Crippen LogP contribution < -0.4 is 9.64 Å². The molecular weight excluding hydrogens is 226 g/mol. The highest BCUT2D eigenvalue weighted by Crippen LogP contribution is 2.36. The summed E-state index contributed by atoms with van der Waals surface area (Å²) < 4.78 is 5.52. The SMILES string of the molecule is COc1c(C)cc(C)cc1N(C)C(C)(C)CCO. The predicted octanol–water partition coefficient (Wildman–Crippen LogP) is 2.91. The summed E-state index contributed by atoms with van der Waals surface area (Å²) in [5, 5.41) is 9.18. The molecule has 0 aliphatic heterocycles. The lowest BCUT2D eigenvalue weighted by molar-refractivity contribution is 0.250. The maximum absolute atomic E-state index is 9.18. The summed E-state index contributed by atoms with van der Waals surface area (Å²) in [5.41, 5.74) is 3.32. The van der Waals surface area contributed by atoms with Gasteiger partial charge < -0.3 is 14.7 Å². The van der Waals surface area contributed by atoms with E-state index < -0.39 is 0 Å². The van der Waals surface area contributed by atoms with Gasteiger partial charge in [0, 0.05) is 19.2 Å². The number of aryl methyl sites for hydroxylation is 2. The van der Waals surface area contributed by atoms with Crippen LogP contribution in [0.25, 0.3) is 0 Å². The zero-order valence-electron chi connectivity index (χ0n) is 12.4.